The number of ether oxygens (including phenoxy) is 2. The largest absolute Gasteiger partial charge is 0.477 e. The summed E-state index contributed by atoms with van der Waals surface area (Å²) in [7, 11) is 4.83. The lowest BCUT2D eigenvalue weighted by Gasteiger charge is -2.28. The number of anilines is 1. The summed E-state index contributed by atoms with van der Waals surface area (Å²) in [6.07, 6.45) is -1.73. The molecule has 1 fully saturated rings. The first-order valence-corrected chi connectivity index (χ1v) is 13.5. The summed E-state index contributed by atoms with van der Waals surface area (Å²) in [5, 5.41) is 14.9. The molecule has 0 spiro atoms. The zero-order chi connectivity index (χ0) is 28.4. The van der Waals surface area contributed by atoms with Gasteiger partial charge in [-0.25, -0.2) is 19.9 Å². The Balaban J connectivity index is 0.00000387. The zero-order valence-corrected chi connectivity index (χ0v) is 24.2. The molecular weight excluding hydrogens is 581 g/mol. The van der Waals surface area contributed by atoms with Crippen molar-refractivity contribution in [2.75, 3.05) is 26.2 Å². The van der Waals surface area contributed by atoms with Gasteiger partial charge in [0, 0.05) is 30.1 Å². The van der Waals surface area contributed by atoms with Crippen LogP contribution in [0.25, 0.3) is 21.5 Å². The molecule has 3 aromatic heterocycles. The number of rotatable bonds is 9. The molecule has 5 rings (SSSR count). The summed E-state index contributed by atoms with van der Waals surface area (Å²) in [6.45, 7) is 0.606. The number of halogens is 4. The predicted molar refractivity (Wildman–Crippen MR) is 153 cm³/mol. The molecule has 4 aromatic rings. The van der Waals surface area contributed by atoms with E-state index in [-0.39, 0.29) is 29.4 Å². The average Bonchev–Trinajstić information content (AvgIpc) is 3.52. The fourth-order valence-electron chi connectivity index (χ4n) is 5.02. The highest BCUT2D eigenvalue weighted by Crippen LogP contribution is 2.36. The van der Waals surface area contributed by atoms with Crippen molar-refractivity contribution >= 4 is 39.8 Å². The highest BCUT2D eigenvalue weighted by molar-refractivity contribution is 7.18. The number of aliphatic hydroxyl groups excluding tert-OH is 1. The summed E-state index contributed by atoms with van der Waals surface area (Å²) < 4.78 is 49.2. The minimum atomic E-state index is -4.29. The molecule has 1 aliphatic rings. The van der Waals surface area contributed by atoms with Gasteiger partial charge in [-0.1, -0.05) is 24.3 Å². The summed E-state index contributed by atoms with van der Waals surface area (Å²) in [5.74, 6) is 1.15. The summed E-state index contributed by atoms with van der Waals surface area (Å²) in [4.78, 5) is 19.7. The van der Waals surface area contributed by atoms with Gasteiger partial charge in [0.15, 0.2) is 0 Å². The third kappa shape index (κ3) is 6.97. The maximum absolute atomic E-state index is 12.9. The molecule has 0 radical (unpaired) electrons. The fraction of sp³-hybridized carbons (Fsp3) is 0.407. The SMILES string of the molecule is COc1ncc(-c2ccc(CN[C@H]3C[C@@H](O)[C@@H](N(C)c4ncnc5sc(CC(F)(F)F)cc45)C3)cc2)nc1OC.Cl. The number of benzene rings is 1. The molecule has 1 saturated carbocycles. The van der Waals surface area contributed by atoms with Crippen LogP contribution in [0.1, 0.15) is 23.3 Å². The molecule has 220 valence electrons. The number of nitrogens with one attached hydrogen (secondary N) is 1. The number of methoxy groups -OCH3 is 2. The van der Waals surface area contributed by atoms with Crippen molar-refractivity contribution in [2.45, 2.75) is 50.2 Å². The van der Waals surface area contributed by atoms with Gasteiger partial charge >= 0.3 is 6.18 Å². The Morgan fingerprint density at radius 1 is 1.07 bits per heavy atom. The first kappa shape index (κ1) is 30.7. The number of hydrogen-bond acceptors (Lipinski definition) is 10. The normalized spacial score (nSPS) is 18.8. The number of hydrogen-bond donors (Lipinski definition) is 2. The van der Waals surface area contributed by atoms with E-state index in [0.717, 1.165) is 22.5 Å². The quantitative estimate of drug-likeness (QED) is 0.276. The van der Waals surface area contributed by atoms with Crippen molar-refractivity contribution in [2.24, 2.45) is 0 Å². The highest BCUT2D eigenvalue weighted by atomic mass is 35.5. The Kier molecular flexibility index (Phi) is 9.52. The zero-order valence-electron chi connectivity index (χ0n) is 22.6. The summed E-state index contributed by atoms with van der Waals surface area (Å²) in [5.41, 5.74) is 2.62. The summed E-state index contributed by atoms with van der Waals surface area (Å²) >= 11 is 1.02. The molecule has 0 unspecified atom stereocenters. The second-order valence-corrected chi connectivity index (χ2v) is 10.8. The van der Waals surface area contributed by atoms with E-state index in [1.807, 2.05) is 36.2 Å². The lowest BCUT2D eigenvalue weighted by atomic mass is 10.1. The number of fused-ring (bicyclic) bond motifs is 1. The lowest BCUT2D eigenvalue weighted by Crippen LogP contribution is -2.38. The van der Waals surface area contributed by atoms with Crippen molar-refractivity contribution in [1.29, 1.82) is 0 Å². The number of aromatic nitrogens is 4. The van der Waals surface area contributed by atoms with Crippen LogP contribution in [-0.2, 0) is 13.0 Å². The molecule has 3 heterocycles. The van der Waals surface area contributed by atoms with E-state index in [1.54, 1.807) is 6.20 Å². The summed E-state index contributed by atoms with van der Waals surface area (Å²) in [6, 6.07) is 9.24. The van der Waals surface area contributed by atoms with Gasteiger partial charge in [-0.15, -0.1) is 23.7 Å². The van der Waals surface area contributed by atoms with Gasteiger partial charge in [0.05, 0.1) is 50.1 Å². The number of nitrogens with zero attached hydrogens (tertiary/aromatic N) is 5. The van der Waals surface area contributed by atoms with Gasteiger partial charge < -0.3 is 24.8 Å². The van der Waals surface area contributed by atoms with Gasteiger partial charge in [0.1, 0.15) is 17.0 Å². The van der Waals surface area contributed by atoms with E-state index >= 15 is 0 Å². The second-order valence-electron chi connectivity index (χ2n) is 9.69. The topological polar surface area (TPSA) is 106 Å². The Morgan fingerprint density at radius 3 is 2.49 bits per heavy atom. The van der Waals surface area contributed by atoms with Gasteiger partial charge in [-0.05, 0) is 24.5 Å². The van der Waals surface area contributed by atoms with E-state index in [9.17, 15) is 18.3 Å². The number of likely N-dealkylation sites (N-methyl/N-ethyl adjacent to an activating group) is 1. The molecule has 2 N–H and O–H groups in total. The van der Waals surface area contributed by atoms with Crippen LogP contribution in [-0.4, -0.2) is 70.7 Å². The number of aliphatic hydroxyl groups is 1. The van der Waals surface area contributed by atoms with Crippen molar-refractivity contribution in [3.8, 4) is 23.0 Å². The van der Waals surface area contributed by atoms with Gasteiger partial charge in [-0.3, -0.25) is 0 Å². The van der Waals surface area contributed by atoms with Crippen molar-refractivity contribution < 1.29 is 27.8 Å². The number of thiophene rings is 1. The Hall–Kier alpha value is -3.26. The molecule has 1 aliphatic carbocycles. The second kappa shape index (κ2) is 12.7. The molecule has 3 atom stereocenters. The number of alkyl halides is 3. The Bertz CT molecular complexity index is 1470. The molecule has 0 aliphatic heterocycles. The van der Waals surface area contributed by atoms with Crippen LogP contribution in [0.5, 0.6) is 11.8 Å². The molecule has 0 saturated heterocycles. The van der Waals surface area contributed by atoms with Crippen LogP contribution >= 0.6 is 23.7 Å². The van der Waals surface area contributed by atoms with E-state index < -0.39 is 18.7 Å². The third-order valence-electron chi connectivity index (χ3n) is 7.00. The minimum Gasteiger partial charge on any atom is -0.477 e. The maximum atomic E-state index is 12.9. The molecule has 14 heteroatoms. The molecule has 1 aromatic carbocycles. The van der Waals surface area contributed by atoms with E-state index in [0.29, 0.717) is 52.9 Å². The van der Waals surface area contributed by atoms with Crippen LogP contribution in [0.4, 0.5) is 19.0 Å². The van der Waals surface area contributed by atoms with E-state index in [4.69, 9.17) is 9.47 Å². The van der Waals surface area contributed by atoms with Crippen LogP contribution in [0.15, 0.2) is 42.9 Å². The van der Waals surface area contributed by atoms with E-state index in [1.165, 1.54) is 26.6 Å². The molecule has 9 nitrogen and oxygen atoms in total. The van der Waals surface area contributed by atoms with Crippen LogP contribution in [0.2, 0.25) is 0 Å². The van der Waals surface area contributed by atoms with Gasteiger partial charge in [-0.2, -0.15) is 13.2 Å². The highest BCUT2D eigenvalue weighted by Gasteiger charge is 2.37. The van der Waals surface area contributed by atoms with Gasteiger partial charge in [0.25, 0.3) is 11.8 Å². The Labute approximate surface area is 245 Å². The van der Waals surface area contributed by atoms with Crippen LogP contribution < -0.4 is 19.7 Å². The first-order valence-electron chi connectivity index (χ1n) is 12.6. The molecule has 0 amide bonds. The molecule has 41 heavy (non-hydrogen) atoms. The fourth-order valence-corrected chi connectivity index (χ4v) is 6.04. The van der Waals surface area contributed by atoms with Crippen molar-refractivity contribution in [1.82, 2.24) is 25.3 Å². The van der Waals surface area contributed by atoms with E-state index in [2.05, 4.69) is 25.3 Å². The van der Waals surface area contributed by atoms with Crippen LogP contribution in [0, 0.1) is 0 Å². The van der Waals surface area contributed by atoms with Crippen molar-refractivity contribution in [3.63, 3.8) is 0 Å². The monoisotopic (exact) mass is 610 g/mol. The Morgan fingerprint density at radius 2 is 1.80 bits per heavy atom. The smallest absolute Gasteiger partial charge is 0.393 e. The standard InChI is InChI=1S/C27H29F3N6O3S.ClH/c1-36(23-19-10-18(11-27(28,29)30)40-26(19)34-14-33-23)21-8-17(9-22(21)37)31-12-15-4-6-16(7-5-15)20-13-32-24(38-2)25(35-20)39-3;/h4-7,10,13-14,17,21-22,31,37H,8-9,11-12H2,1-3H3;1H/t17-,21+,22-;/m1./s1. The average molecular weight is 611 g/mol. The molecule has 0 bridgehead atoms. The first-order chi connectivity index (χ1) is 19.1. The minimum absolute atomic E-state index is 0. The third-order valence-corrected chi connectivity index (χ3v) is 8.05. The van der Waals surface area contributed by atoms with Crippen LogP contribution in [0.3, 0.4) is 0 Å². The maximum Gasteiger partial charge on any atom is 0.393 e. The predicted octanol–water partition coefficient (Wildman–Crippen LogP) is 4.81. The van der Waals surface area contributed by atoms with Gasteiger partial charge in [0.2, 0.25) is 0 Å². The molecular formula is C27H30ClF3N6O3S. The van der Waals surface area contributed by atoms with Crippen molar-refractivity contribution in [3.05, 3.63) is 53.3 Å². The lowest BCUT2D eigenvalue weighted by molar-refractivity contribution is -0.126.